The van der Waals surface area contributed by atoms with Crippen LogP contribution in [0.25, 0.3) is 0 Å². The van der Waals surface area contributed by atoms with E-state index in [1.807, 2.05) is 55.5 Å². The molecule has 0 radical (unpaired) electrons. The molecule has 5 rings (SSSR count). The molecular formula is C24H20Cl2O2. The third-order valence-electron chi connectivity index (χ3n) is 5.85. The largest absolute Gasteiger partial charge is 0.494 e. The molecule has 3 aromatic carbocycles. The third kappa shape index (κ3) is 2.41. The molecule has 1 aliphatic carbocycles. The summed E-state index contributed by atoms with van der Waals surface area (Å²) in [6.07, 6.45) is 0. The zero-order valence-electron chi connectivity index (χ0n) is 15.4. The molecule has 2 nitrogen and oxygen atoms in total. The minimum atomic E-state index is -1.03. The predicted octanol–water partition coefficient (Wildman–Crippen LogP) is 6.31. The maximum Gasteiger partial charge on any atom is 0.174 e. The van der Waals surface area contributed by atoms with Gasteiger partial charge in [-0.15, -0.1) is 0 Å². The van der Waals surface area contributed by atoms with Gasteiger partial charge in [-0.05, 0) is 36.2 Å². The lowest BCUT2D eigenvalue weighted by Crippen LogP contribution is -2.28. The first-order chi connectivity index (χ1) is 13.6. The quantitative estimate of drug-likeness (QED) is 0.469. The number of para-hydroxylation sites is 1. The molecular weight excluding hydrogens is 391 g/mol. The highest BCUT2D eigenvalue weighted by Gasteiger charge is 2.83. The van der Waals surface area contributed by atoms with E-state index < -0.39 is 9.93 Å². The molecule has 1 saturated carbocycles. The van der Waals surface area contributed by atoms with Gasteiger partial charge in [0.1, 0.15) is 11.5 Å². The van der Waals surface area contributed by atoms with Crippen LogP contribution in [0.2, 0.25) is 0 Å². The van der Waals surface area contributed by atoms with Gasteiger partial charge < -0.3 is 9.47 Å². The number of ether oxygens (including phenoxy) is 2. The van der Waals surface area contributed by atoms with E-state index in [0.29, 0.717) is 6.61 Å². The predicted molar refractivity (Wildman–Crippen MR) is 113 cm³/mol. The molecule has 0 aromatic heterocycles. The van der Waals surface area contributed by atoms with Gasteiger partial charge in [0.05, 0.1) is 12.5 Å². The molecule has 3 aromatic rings. The first-order valence-corrected chi connectivity index (χ1v) is 10.3. The van der Waals surface area contributed by atoms with Crippen LogP contribution in [-0.4, -0.2) is 10.9 Å². The molecule has 2 aliphatic rings. The molecule has 1 heterocycles. The van der Waals surface area contributed by atoms with Crippen molar-refractivity contribution in [1.29, 1.82) is 0 Å². The maximum absolute atomic E-state index is 6.95. The van der Waals surface area contributed by atoms with Gasteiger partial charge in [-0.2, -0.15) is 0 Å². The number of hydrogen-bond acceptors (Lipinski definition) is 2. The Morgan fingerprint density at radius 2 is 1.57 bits per heavy atom. The van der Waals surface area contributed by atoms with Crippen LogP contribution in [0, 0.1) is 5.92 Å². The van der Waals surface area contributed by atoms with Crippen LogP contribution < -0.4 is 9.47 Å². The van der Waals surface area contributed by atoms with Gasteiger partial charge in [-0.25, -0.2) is 0 Å². The number of alkyl halides is 2. The van der Waals surface area contributed by atoms with Crippen LogP contribution in [0.1, 0.15) is 29.5 Å². The van der Waals surface area contributed by atoms with Gasteiger partial charge in [0, 0.05) is 11.5 Å². The van der Waals surface area contributed by atoms with Gasteiger partial charge in [0.25, 0.3) is 0 Å². The Kier molecular flexibility index (Phi) is 4.12. The standard InChI is InChI=1S/C24H20Cl2O2/c1-2-27-18-14-12-17(13-15-18)23-22(24(23,25)26)21(16-8-4-3-5-9-16)19-10-6-7-11-20(19)28-23/h3-15,21-22H,2H2,1H3/t21-,22-,23+/m1/s1. The van der Waals surface area contributed by atoms with Crippen LogP contribution in [0.15, 0.2) is 78.9 Å². The zero-order valence-corrected chi connectivity index (χ0v) is 17.0. The minimum absolute atomic E-state index is 0.0627. The highest BCUT2D eigenvalue weighted by Crippen LogP contribution is 2.77. The summed E-state index contributed by atoms with van der Waals surface area (Å²) in [5.74, 6) is 1.64. The SMILES string of the molecule is CCOc1ccc([C@]23Oc4ccccc4[C@@H](c4ccccc4)[C@H]2C3(Cl)Cl)cc1. The van der Waals surface area contributed by atoms with E-state index in [4.69, 9.17) is 32.7 Å². The van der Waals surface area contributed by atoms with Gasteiger partial charge in [-0.3, -0.25) is 0 Å². The molecule has 142 valence electrons. The monoisotopic (exact) mass is 410 g/mol. The molecule has 28 heavy (non-hydrogen) atoms. The summed E-state index contributed by atoms with van der Waals surface area (Å²) in [6, 6.07) is 26.5. The van der Waals surface area contributed by atoms with E-state index in [9.17, 15) is 0 Å². The van der Waals surface area contributed by atoms with E-state index in [1.54, 1.807) is 0 Å². The fraction of sp³-hybridized carbons (Fsp3) is 0.250. The van der Waals surface area contributed by atoms with Crippen LogP contribution in [-0.2, 0) is 5.60 Å². The van der Waals surface area contributed by atoms with Crippen molar-refractivity contribution >= 4 is 23.2 Å². The summed E-state index contributed by atoms with van der Waals surface area (Å²) in [4.78, 5) is 0. The Balaban J connectivity index is 1.66. The average molecular weight is 411 g/mol. The number of fused-ring (bicyclic) bond motifs is 2. The van der Waals surface area contributed by atoms with Crippen LogP contribution >= 0.6 is 23.2 Å². The van der Waals surface area contributed by atoms with Crippen molar-refractivity contribution in [2.45, 2.75) is 22.8 Å². The summed E-state index contributed by atoms with van der Waals surface area (Å²) in [6.45, 7) is 2.60. The van der Waals surface area contributed by atoms with E-state index >= 15 is 0 Å². The topological polar surface area (TPSA) is 18.5 Å². The van der Waals surface area contributed by atoms with E-state index in [2.05, 4.69) is 30.3 Å². The second-order valence-corrected chi connectivity index (χ2v) is 8.71. The molecule has 0 amide bonds. The molecule has 4 heteroatoms. The second kappa shape index (κ2) is 6.43. The van der Waals surface area contributed by atoms with Crippen LogP contribution in [0.3, 0.4) is 0 Å². The van der Waals surface area contributed by atoms with E-state index in [1.165, 1.54) is 5.56 Å². The summed E-state index contributed by atoms with van der Waals surface area (Å²) in [7, 11) is 0. The van der Waals surface area contributed by atoms with E-state index in [-0.39, 0.29) is 11.8 Å². The lowest BCUT2D eigenvalue weighted by molar-refractivity contribution is 0.137. The molecule has 0 N–H and O–H groups in total. The van der Waals surface area contributed by atoms with Gasteiger partial charge in [-0.1, -0.05) is 83.9 Å². The molecule has 3 atom stereocenters. The Bertz CT molecular complexity index is 1000. The van der Waals surface area contributed by atoms with Crippen molar-refractivity contribution < 1.29 is 9.47 Å². The fourth-order valence-electron chi connectivity index (χ4n) is 4.59. The average Bonchev–Trinajstić information content (AvgIpc) is 3.23. The summed E-state index contributed by atoms with van der Waals surface area (Å²) >= 11 is 13.9. The second-order valence-electron chi connectivity index (χ2n) is 7.32. The number of benzene rings is 3. The van der Waals surface area contributed by atoms with Crippen molar-refractivity contribution in [2.75, 3.05) is 6.61 Å². The first kappa shape index (κ1) is 17.9. The molecule has 0 spiro atoms. The first-order valence-electron chi connectivity index (χ1n) is 9.53. The number of hydrogen-bond donors (Lipinski definition) is 0. The number of halogens is 2. The van der Waals surface area contributed by atoms with Crippen LogP contribution in [0.5, 0.6) is 11.5 Å². The Morgan fingerprint density at radius 3 is 2.29 bits per heavy atom. The fourth-order valence-corrected chi connectivity index (χ4v) is 5.57. The van der Waals surface area contributed by atoms with Crippen LogP contribution in [0.4, 0.5) is 0 Å². The van der Waals surface area contributed by atoms with Crippen molar-refractivity contribution in [1.82, 2.24) is 0 Å². The highest BCUT2D eigenvalue weighted by atomic mass is 35.5. The summed E-state index contributed by atoms with van der Waals surface area (Å²) in [5.41, 5.74) is 2.52. The van der Waals surface area contributed by atoms with Crippen molar-refractivity contribution in [3.05, 3.63) is 95.6 Å². The lowest BCUT2D eigenvalue weighted by Gasteiger charge is -2.31. The summed E-state index contributed by atoms with van der Waals surface area (Å²) < 4.78 is 11.1. The molecule has 0 bridgehead atoms. The molecule has 1 fully saturated rings. The normalized spacial score (nSPS) is 26.5. The Labute approximate surface area is 175 Å². The van der Waals surface area contributed by atoms with Gasteiger partial charge in [0.15, 0.2) is 9.93 Å². The number of rotatable bonds is 4. The molecule has 0 unspecified atom stereocenters. The van der Waals surface area contributed by atoms with E-state index in [0.717, 1.165) is 22.6 Å². The Morgan fingerprint density at radius 1 is 0.893 bits per heavy atom. The summed E-state index contributed by atoms with van der Waals surface area (Å²) in [5, 5.41) is 0. The molecule has 1 aliphatic heterocycles. The smallest absolute Gasteiger partial charge is 0.174 e. The lowest BCUT2D eigenvalue weighted by atomic mass is 9.82. The zero-order chi connectivity index (χ0) is 19.4. The van der Waals surface area contributed by atoms with Crippen molar-refractivity contribution in [2.24, 2.45) is 5.92 Å². The third-order valence-corrected chi connectivity index (χ3v) is 6.88. The van der Waals surface area contributed by atoms with Gasteiger partial charge in [0.2, 0.25) is 0 Å². The van der Waals surface area contributed by atoms with Crippen molar-refractivity contribution in [3.63, 3.8) is 0 Å². The molecule has 0 saturated heterocycles. The highest BCUT2D eigenvalue weighted by molar-refractivity contribution is 6.52. The Hall–Kier alpha value is -2.16. The minimum Gasteiger partial charge on any atom is -0.494 e. The van der Waals surface area contributed by atoms with Crippen molar-refractivity contribution in [3.8, 4) is 11.5 Å². The van der Waals surface area contributed by atoms with Gasteiger partial charge >= 0.3 is 0 Å². The maximum atomic E-state index is 6.95.